The van der Waals surface area contributed by atoms with E-state index in [1.54, 1.807) is 13.6 Å². The molecule has 2 rings (SSSR count). The van der Waals surface area contributed by atoms with Crippen LogP contribution in [0.2, 0.25) is 0 Å². The Kier molecular flexibility index (Phi) is 4.35. The van der Waals surface area contributed by atoms with Crippen molar-refractivity contribution in [3.63, 3.8) is 0 Å². The van der Waals surface area contributed by atoms with Crippen LogP contribution in [0.3, 0.4) is 0 Å². The molecule has 0 bridgehead atoms. The van der Waals surface area contributed by atoms with Crippen LogP contribution in [0.5, 0.6) is 0 Å². The number of hydrogen-bond donors (Lipinski definition) is 0. The molecule has 0 aliphatic rings. The second-order valence-corrected chi connectivity index (χ2v) is 6.70. The first-order valence-corrected chi connectivity index (χ1v) is 8.19. The van der Waals surface area contributed by atoms with E-state index in [0.717, 1.165) is 5.56 Å². The molecule has 0 saturated carbocycles. The fourth-order valence-corrected chi connectivity index (χ4v) is 2.87. The molecule has 100 valence electrons. The van der Waals surface area contributed by atoms with Gasteiger partial charge in [-0.05, 0) is 6.92 Å². The summed E-state index contributed by atoms with van der Waals surface area (Å²) in [5.41, 5.74) is 0.846. The van der Waals surface area contributed by atoms with E-state index in [-0.39, 0.29) is 6.16 Å². The molecular formula is C12H15N4O2P. The van der Waals surface area contributed by atoms with Gasteiger partial charge >= 0.3 is 0 Å². The van der Waals surface area contributed by atoms with Gasteiger partial charge in [0.05, 0.1) is 12.8 Å². The third kappa shape index (κ3) is 3.91. The van der Waals surface area contributed by atoms with Crippen molar-refractivity contribution in [2.45, 2.75) is 13.1 Å². The van der Waals surface area contributed by atoms with Crippen molar-refractivity contribution in [2.75, 3.05) is 13.3 Å². The standard InChI is InChI=1S/C12H15N4O2P/c1-3-18-19(2,17)9-11-13-15-12(16-14-11)10-7-5-4-6-8-10/h4-8H,3,9H2,1-2H3. The Hall–Kier alpha value is -1.65. The van der Waals surface area contributed by atoms with Gasteiger partial charge in [0.15, 0.2) is 5.82 Å². The summed E-state index contributed by atoms with van der Waals surface area (Å²) in [6.07, 6.45) is 0.149. The Labute approximate surface area is 111 Å². The summed E-state index contributed by atoms with van der Waals surface area (Å²) in [4.78, 5) is 0. The second-order valence-electron chi connectivity index (χ2n) is 4.10. The van der Waals surface area contributed by atoms with Gasteiger partial charge in [-0.15, -0.1) is 20.4 Å². The summed E-state index contributed by atoms with van der Waals surface area (Å²) in [7, 11) is -2.71. The minimum Gasteiger partial charge on any atom is -0.329 e. The molecule has 1 unspecified atom stereocenters. The number of benzene rings is 1. The molecule has 0 aliphatic carbocycles. The number of nitrogens with zero attached hydrogens (tertiary/aromatic N) is 4. The van der Waals surface area contributed by atoms with Crippen LogP contribution in [0.25, 0.3) is 11.4 Å². The maximum atomic E-state index is 12.0. The fourth-order valence-electron chi connectivity index (χ4n) is 1.59. The summed E-state index contributed by atoms with van der Waals surface area (Å²) >= 11 is 0. The predicted octanol–water partition coefficient (Wildman–Crippen LogP) is 2.38. The Balaban J connectivity index is 2.13. The van der Waals surface area contributed by atoms with Crippen molar-refractivity contribution in [1.82, 2.24) is 20.4 Å². The maximum Gasteiger partial charge on any atom is 0.207 e. The van der Waals surface area contributed by atoms with E-state index in [4.69, 9.17) is 4.52 Å². The Morgan fingerprint density at radius 3 is 2.32 bits per heavy atom. The van der Waals surface area contributed by atoms with Crippen LogP contribution in [-0.2, 0) is 15.3 Å². The summed E-state index contributed by atoms with van der Waals surface area (Å²) < 4.78 is 17.1. The highest BCUT2D eigenvalue weighted by molar-refractivity contribution is 7.57. The van der Waals surface area contributed by atoms with E-state index in [1.165, 1.54) is 0 Å². The van der Waals surface area contributed by atoms with Crippen molar-refractivity contribution in [2.24, 2.45) is 0 Å². The van der Waals surface area contributed by atoms with Crippen LogP contribution in [-0.4, -0.2) is 33.7 Å². The first-order chi connectivity index (χ1) is 9.11. The molecule has 19 heavy (non-hydrogen) atoms. The molecule has 1 atom stereocenters. The van der Waals surface area contributed by atoms with E-state index in [0.29, 0.717) is 18.3 Å². The molecule has 1 aromatic carbocycles. The summed E-state index contributed by atoms with van der Waals surface area (Å²) in [6, 6.07) is 9.45. The smallest absolute Gasteiger partial charge is 0.207 e. The number of hydrogen-bond acceptors (Lipinski definition) is 6. The Morgan fingerprint density at radius 1 is 1.11 bits per heavy atom. The molecule has 0 spiro atoms. The lowest BCUT2D eigenvalue weighted by atomic mass is 10.2. The maximum absolute atomic E-state index is 12.0. The van der Waals surface area contributed by atoms with Gasteiger partial charge in [0.25, 0.3) is 0 Å². The molecule has 0 N–H and O–H groups in total. The molecule has 0 saturated heterocycles. The highest BCUT2D eigenvalue weighted by atomic mass is 31.2. The van der Waals surface area contributed by atoms with Gasteiger partial charge in [-0.2, -0.15) is 0 Å². The van der Waals surface area contributed by atoms with Gasteiger partial charge in [-0.1, -0.05) is 30.3 Å². The molecule has 7 heteroatoms. The highest BCUT2D eigenvalue weighted by Gasteiger charge is 2.18. The Bertz CT molecular complexity index is 574. The van der Waals surface area contributed by atoms with Crippen molar-refractivity contribution >= 4 is 7.37 Å². The van der Waals surface area contributed by atoms with Gasteiger partial charge < -0.3 is 4.52 Å². The zero-order valence-electron chi connectivity index (χ0n) is 10.9. The first-order valence-electron chi connectivity index (χ1n) is 5.93. The van der Waals surface area contributed by atoms with Crippen molar-refractivity contribution in [3.05, 3.63) is 36.2 Å². The molecule has 2 aromatic rings. The number of aromatic nitrogens is 4. The van der Waals surface area contributed by atoms with Crippen LogP contribution in [0.15, 0.2) is 30.3 Å². The third-order valence-electron chi connectivity index (χ3n) is 2.38. The van der Waals surface area contributed by atoms with E-state index in [2.05, 4.69) is 20.4 Å². The van der Waals surface area contributed by atoms with E-state index in [1.807, 2.05) is 30.3 Å². The zero-order chi connectivity index (χ0) is 13.7. The minimum absolute atomic E-state index is 0.149. The molecule has 1 heterocycles. The zero-order valence-corrected chi connectivity index (χ0v) is 11.7. The van der Waals surface area contributed by atoms with Crippen molar-refractivity contribution in [1.29, 1.82) is 0 Å². The molecule has 1 aromatic heterocycles. The van der Waals surface area contributed by atoms with Gasteiger partial charge in [0.1, 0.15) is 0 Å². The quantitative estimate of drug-likeness (QED) is 0.781. The first kappa shape index (κ1) is 13.8. The van der Waals surface area contributed by atoms with E-state index in [9.17, 15) is 4.57 Å². The van der Waals surface area contributed by atoms with Crippen LogP contribution in [0, 0.1) is 0 Å². The molecule has 6 nitrogen and oxygen atoms in total. The van der Waals surface area contributed by atoms with Crippen LogP contribution >= 0.6 is 7.37 Å². The lowest BCUT2D eigenvalue weighted by Gasteiger charge is -2.10. The summed E-state index contributed by atoms with van der Waals surface area (Å²) in [5, 5.41) is 15.9. The van der Waals surface area contributed by atoms with Gasteiger partial charge in [0.2, 0.25) is 13.2 Å². The van der Waals surface area contributed by atoms with Crippen LogP contribution < -0.4 is 0 Å². The lowest BCUT2D eigenvalue weighted by molar-refractivity contribution is 0.335. The van der Waals surface area contributed by atoms with Crippen molar-refractivity contribution in [3.8, 4) is 11.4 Å². The highest BCUT2D eigenvalue weighted by Crippen LogP contribution is 2.45. The second kappa shape index (κ2) is 5.99. The van der Waals surface area contributed by atoms with E-state index < -0.39 is 7.37 Å². The minimum atomic E-state index is -2.71. The normalized spacial score (nSPS) is 14.0. The molecule has 0 aliphatic heterocycles. The largest absolute Gasteiger partial charge is 0.329 e. The molecule has 0 fully saturated rings. The SMILES string of the molecule is CCOP(C)(=O)Cc1nnc(-c2ccccc2)nn1. The molecule has 0 amide bonds. The topological polar surface area (TPSA) is 77.9 Å². The van der Waals surface area contributed by atoms with Gasteiger partial charge in [0, 0.05) is 12.2 Å². The summed E-state index contributed by atoms with van der Waals surface area (Å²) in [5.74, 6) is 0.783. The van der Waals surface area contributed by atoms with Crippen LogP contribution in [0.4, 0.5) is 0 Å². The number of rotatable bonds is 5. The monoisotopic (exact) mass is 278 g/mol. The lowest BCUT2D eigenvalue weighted by Crippen LogP contribution is -2.04. The Morgan fingerprint density at radius 2 is 1.74 bits per heavy atom. The van der Waals surface area contributed by atoms with Crippen LogP contribution in [0.1, 0.15) is 12.7 Å². The van der Waals surface area contributed by atoms with E-state index >= 15 is 0 Å². The predicted molar refractivity (Wildman–Crippen MR) is 71.9 cm³/mol. The summed E-state index contributed by atoms with van der Waals surface area (Å²) in [6.45, 7) is 3.76. The molecule has 0 radical (unpaired) electrons. The van der Waals surface area contributed by atoms with Crippen molar-refractivity contribution < 1.29 is 9.09 Å². The van der Waals surface area contributed by atoms with Gasteiger partial charge in [-0.25, -0.2) is 0 Å². The fraction of sp³-hybridized carbons (Fsp3) is 0.333. The van der Waals surface area contributed by atoms with Gasteiger partial charge in [-0.3, -0.25) is 4.57 Å². The average molecular weight is 278 g/mol. The third-order valence-corrected chi connectivity index (χ3v) is 4.04. The molecular weight excluding hydrogens is 263 g/mol. The average Bonchev–Trinajstić information content (AvgIpc) is 2.40.